The molecule has 2 aromatic carbocycles. The Balaban J connectivity index is 1.35. The predicted octanol–water partition coefficient (Wildman–Crippen LogP) is 7.87. The van der Waals surface area contributed by atoms with Crippen LogP contribution in [0.1, 0.15) is 91.2 Å². The summed E-state index contributed by atoms with van der Waals surface area (Å²) in [5.41, 5.74) is 0.0540. The van der Waals surface area contributed by atoms with Gasteiger partial charge >= 0.3 is 12.4 Å². The lowest BCUT2D eigenvalue weighted by Crippen LogP contribution is -2.51. The molecule has 2 aromatic rings. The quantitative estimate of drug-likeness (QED) is 0.295. The van der Waals surface area contributed by atoms with Crippen LogP contribution in [-0.4, -0.2) is 66.9 Å². The van der Waals surface area contributed by atoms with E-state index in [1.54, 1.807) is 0 Å². The third-order valence-electron chi connectivity index (χ3n) is 10.8. The van der Waals surface area contributed by atoms with Crippen LogP contribution in [-0.2, 0) is 29.0 Å². The molecule has 1 saturated carbocycles. The number of nitrogens with zero attached hydrogens (tertiary/aromatic N) is 2. The van der Waals surface area contributed by atoms with Crippen molar-refractivity contribution in [2.24, 2.45) is 0 Å². The lowest BCUT2D eigenvalue weighted by atomic mass is 9.69. The van der Waals surface area contributed by atoms with Gasteiger partial charge in [-0.05, 0) is 111 Å². The van der Waals surface area contributed by atoms with Crippen LogP contribution in [0.5, 0.6) is 0 Å². The van der Waals surface area contributed by atoms with Crippen molar-refractivity contribution in [3.05, 3.63) is 69.8 Å². The van der Waals surface area contributed by atoms with Crippen LogP contribution in [0.15, 0.2) is 36.4 Å². The topological polar surface area (TPSA) is 35.6 Å². The van der Waals surface area contributed by atoms with Crippen molar-refractivity contribution in [2.75, 3.05) is 39.3 Å². The molecule has 0 amide bonds. The summed E-state index contributed by atoms with van der Waals surface area (Å²) in [6.07, 6.45) is -0.950. The molecule has 10 heteroatoms. The molecule has 1 N–H and O–H groups in total. The molecular weight excluding hydrogens is 604 g/mol. The molecule has 46 heavy (non-hydrogen) atoms. The number of halogens is 6. The number of hydrogen-bond acceptors (Lipinski definition) is 4. The molecular formula is C36H47F6N3O. The summed E-state index contributed by atoms with van der Waals surface area (Å²) in [6.45, 7) is 9.66. The fourth-order valence-corrected chi connectivity index (χ4v) is 7.82. The van der Waals surface area contributed by atoms with Crippen LogP contribution < -0.4 is 5.32 Å². The molecule has 2 aliphatic heterocycles. The standard InChI is InChI=1S/C36H47F6N3O/c1-25-9-10-28(19-26(25)2)34(12-14-44-15-17-45(18-16-44)31-7-4-3-5-8-31)11-6-13-43-32(24-34)33(46)22-27-20-29(35(37,38)39)23-30(21-27)36(40,41)42/h9-10,19-21,23,31-32,43H,3-8,11-18,22,24H2,1-2H3. The summed E-state index contributed by atoms with van der Waals surface area (Å²) in [4.78, 5) is 18.9. The minimum absolute atomic E-state index is 0.109. The van der Waals surface area contributed by atoms with Crippen molar-refractivity contribution in [1.29, 1.82) is 0 Å². The van der Waals surface area contributed by atoms with Crippen molar-refractivity contribution in [2.45, 2.75) is 108 Å². The van der Waals surface area contributed by atoms with Crippen molar-refractivity contribution >= 4 is 5.78 Å². The highest BCUT2D eigenvalue weighted by molar-refractivity contribution is 5.86. The van der Waals surface area contributed by atoms with Gasteiger partial charge in [-0.25, -0.2) is 0 Å². The SMILES string of the molecule is Cc1ccc(C2(CCN3CCN(C4CCCCC4)CC3)CCCNC(C(=O)Cc3cc(C(F)(F)F)cc(C(F)(F)F)c3)C2)cc1C. The van der Waals surface area contributed by atoms with E-state index in [0.717, 1.165) is 63.1 Å². The van der Waals surface area contributed by atoms with Crippen LogP contribution in [0.3, 0.4) is 0 Å². The van der Waals surface area contributed by atoms with Crippen molar-refractivity contribution in [3.63, 3.8) is 0 Å². The van der Waals surface area contributed by atoms with E-state index in [2.05, 4.69) is 47.2 Å². The van der Waals surface area contributed by atoms with Crippen LogP contribution in [0.2, 0.25) is 0 Å². The van der Waals surface area contributed by atoms with Crippen LogP contribution in [0.4, 0.5) is 26.3 Å². The maximum atomic E-state index is 13.7. The molecule has 0 radical (unpaired) electrons. The zero-order chi connectivity index (χ0) is 33.1. The maximum Gasteiger partial charge on any atom is 0.416 e. The number of nitrogens with one attached hydrogen (secondary N) is 1. The second-order valence-corrected chi connectivity index (χ2v) is 13.9. The number of Topliss-reactive ketones (excluding diaryl/α,β-unsaturated/α-hetero) is 1. The molecule has 2 heterocycles. The minimum Gasteiger partial charge on any atom is -0.307 e. The molecule has 2 saturated heterocycles. The van der Waals surface area contributed by atoms with E-state index in [0.29, 0.717) is 31.1 Å². The van der Waals surface area contributed by atoms with Crippen molar-refractivity contribution < 1.29 is 31.1 Å². The maximum absolute atomic E-state index is 13.7. The van der Waals surface area contributed by atoms with Crippen molar-refractivity contribution in [1.82, 2.24) is 15.1 Å². The predicted molar refractivity (Wildman–Crippen MR) is 168 cm³/mol. The Kier molecular flexibility index (Phi) is 10.9. The summed E-state index contributed by atoms with van der Waals surface area (Å²) < 4.78 is 81.1. The normalized spacial score (nSPS) is 24.6. The van der Waals surface area contributed by atoms with Gasteiger partial charge in [0, 0.05) is 38.6 Å². The molecule has 254 valence electrons. The third-order valence-corrected chi connectivity index (χ3v) is 10.8. The Bertz CT molecular complexity index is 1310. The lowest BCUT2D eigenvalue weighted by molar-refractivity contribution is -0.143. The molecule has 3 aliphatic rings. The summed E-state index contributed by atoms with van der Waals surface area (Å²) in [6, 6.07) is 7.91. The summed E-state index contributed by atoms with van der Waals surface area (Å²) >= 11 is 0. The van der Waals surface area contributed by atoms with Crippen LogP contribution in [0.25, 0.3) is 0 Å². The second-order valence-electron chi connectivity index (χ2n) is 13.9. The fraction of sp³-hybridized carbons (Fsp3) is 0.639. The number of rotatable bonds is 8. The number of hydrogen-bond donors (Lipinski definition) is 1. The average molecular weight is 652 g/mol. The molecule has 0 aromatic heterocycles. The number of carbonyl (C=O) groups is 1. The van der Waals surface area contributed by atoms with Gasteiger partial charge < -0.3 is 10.2 Å². The monoisotopic (exact) mass is 651 g/mol. The Hall–Kier alpha value is -2.43. The van der Waals surface area contributed by atoms with Gasteiger partial charge in [0.2, 0.25) is 0 Å². The number of aryl methyl sites for hydroxylation is 2. The molecule has 5 rings (SSSR count). The van der Waals surface area contributed by atoms with Gasteiger partial charge in [-0.1, -0.05) is 37.5 Å². The number of carbonyl (C=O) groups excluding carboxylic acids is 1. The fourth-order valence-electron chi connectivity index (χ4n) is 7.82. The molecule has 2 atom stereocenters. The highest BCUT2D eigenvalue weighted by Crippen LogP contribution is 2.41. The molecule has 0 spiro atoms. The molecule has 3 fully saturated rings. The van der Waals surface area contributed by atoms with E-state index >= 15 is 0 Å². The Morgan fingerprint density at radius 3 is 2.11 bits per heavy atom. The average Bonchev–Trinajstić information content (AvgIpc) is 3.25. The largest absolute Gasteiger partial charge is 0.416 e. The van der Waals surface area contributed by atoms with E-state index in [4.69, 9.17) is 0 Å². The first kappa shape index (κ1) is 34.9. The van der Waals surface area contributed by atoms with E-state index < -0.39 is 35.9 Å². The molecule has 4 nitrogen and oxygen atoms in total. The summed E-state index contributed by atoms with van der Waals surface area (Å²) in [5, 5.41) is 3.31. The second kappa shape index (κ2) is 14.4. The van der Waals surface area contributed by atoms with E-state index in [-0.39, 0.29) is 22.8 Å². The lowest BCUT2D eigenvalue weighted by Gasteiger charge is -2.42. The van der Waals surface area contributed by atoms with Gasteiger partial charge in [-0.3, -0.25) is 9.69 Å². The first-order valence-electron chi connectivity index (χ1n) is 16.8. The highest BCUT2D eigenvalue weighted by atomic mass is 19.4. The van der Waals surface area contributed by atoms with E-state index in [9.17, 15) is 31.1 Å². The Morgan fingerprint density at radius 1 is 0.848 bits per heavy atom. The van der Waals surface area contributed by atoms with E-state index in [1.807, 2.05) is 0 Å². The molecule has 0 bridgehead atoms. The summed E-state index contributed by atoms with van der Waals surface area (Å²) in [5.74, 6) is -0.386. The number of ketones is 1. The van der Waals surface area contributed by atoms with Crippen molar-refractivity contribution in [3.8, 4) is 0 Å². The Morgan fingerprint density at radius 2 is 1.50 bits per heavy atom. The van der Waals surface area contributed by atoms with Gasteiger partial charge in [0.15, 0.2) is 5.78 Å². The molecule has 1 aliphatic carbocycles. The van der Waals surface area contributed by atoms with Gasteiger partial charge in [-0.15, -0.1) is 0 Å². The summed E-state index contributed by atoms with van der Waals surface area (Å²) in [7, 11) is 0. The number of piperazine rings is 1. The van der Waals surface area contributed by atoms with Crippen LogP contribution >= 0.6 is 0 Å². The highest BCUT2D eigenvalue weighted by Gasteiger charge is 2.40. The van der Waals surface area contributed by atoms with Gasteiger partial charge in [0.25, 0.3) is 0 Å². The number of benzene rings is 2. The van der Waals surface area contributed by atoms with Crippen LogP contribution in [0, 0.1) is 13.8 Å². The zero-order valence-corrected chi connectivity index (χ0v) is 27.0. The van der Waals surface area contributed by atoms with Gasteiger partial charge in [0.05, 0.1) is 17.2 Å². The smallest absolute Gasteiger partial charge is 0.307 e. The number of alkyl halides is 6. The Labute approximate surface area is 268 Å². The zero-order valence-electron chi connectivity index (χ0n) is 27.0. The first-order valence-corrected chi connectivity index (χ1v) is 16.8. The van der Waals surface area contributed by atoms with Gasteiger partial charge in [0.1, 0.15) is 0 Å². The van der Waals surface area contributed by atoms with Gasteiger partial charge in [-0.2, -0.15) is 26.3 Å². The van der Waals surface area contributed by atoms with E-state index in [1.165, 1.54) is 37.7 Å². The molecule has 2 unspecified atom stereocenters. The third kappa shape index (κ3) is 8.53. The first-order chi connectivity index (χ1) is 21.7. The minimum atomic E-state index is -4.96.